The van der Waals surface area contributed by atoms with Crippen LogP contribution in [0.2, 0.25) is 0 Å². The maximum atomic E-state index is 12.8. The van der Waals surface area contributed by atoms with Crippen LogP contribution in [0.25, 0.3) is 0 Å². The van der Waals surface area contributed by atoms with Crippen LogP contribution in [0.5, 0.6) is 0 Å². The Morgan fingerprint density at radius 1 is 1.10 bits per heavy atom. The summed E-state index contributed by atoms with van der Waals surface area (Å²) in [6, 6.07) is -0.600. The number of hydrogen-bond acceptors (Lipinski definition) is 11. The Kier molecular flexibility index (Phi) is 12.8. The Hall–Kier alpha value is -2.52. The minimum absolute atomic E-state index is 0.000458. The average Bonchev–Trinajstić information content (AvgIpc) is 3.86. The van der Waals surface area contributed by atoms with Crippen LogP contribution in [0.3, 0.4) is 0 Å². The number of Topliss-reactive ketones (excluding diaryl/α,β-unsaturated/α-hetero) is 1. The van der Waals surface area contributed by atoms with Crippen LogP contribution in [-0.2, 0) is 42.9 Å². The van der Waals surface area contributed by atoms with Gasteiger partial charge >= 0.3 is 6.09 Å². The van der Waals surface area contributed by atoms with Gasteiger partial charge in [0.05, 0.1) is 24.4 Å². The predicted octanol–water partition coefficient (Wildman–Crippen LogP) is 2.79. The average molecular weight is 696 g/mol. The molecule has 1 unspecified atom stereocenters. The number of methoxy groups -OCH3 is 1. The summed E-state index contributed by atoms with van der Waals surface area (Å²) in [7, 11) is 1.60. The zero-order chi connectivity index (χ0) is 35.3. The van der Waals surface area contributed by atoms with Crippen molar-refractivity contribution in [1.29, 1.82) is 0 Å². The number of ether oxygens (including phenoxy) is 5. The molecule has 3 heterocycles. The first kappa shape index (κ1) is 38.3. The number of carbonyl (C=O) groups excluding carboxylic acids is 5. The van der Waals surface area contributed by atoms with Crippen molar-refractivity contribution in [2.45, 2.75) is 109 Å². The van der Waals surface area contributed by atoms with Crippen molar-refractivity contribution >= 4 is 41.4 Å². The number of hydrogen-bond donors (Lipinski definition) is 2. The van der Waals surface area contributed by atoms with Gasteiger partial charge in [-0.05, 0) is 52.9 Å². The molecule has 13 nitrogen and oxygen atoms in total. The number of epoxide rings is 2. The van der Waals surface area contributed by atoms with Gasteiger partial charge < -0.3 is 33.9 Å². The van der Waals surface area contributed by atoms with Crippen LogP contribution in [0.4, 0.5) is 4.79 Å². The molecule has 0 aromatic heterocycles. The molecule has 2 N–H and O–H groups in total. The molecule has 4 aliphatic rings. The summed E-state index contributed by atoms with van der Waals surface area (Å²) in [5.41, 5.74) is -0.136. The van der Waals surface area contributed by atoms with Gasteiger partial charge in [-0.2, -0.15) is 11.8 Å². The Morgan fingerprint density at radius 2 is 1.83 bits per heavy atom. The molecule has 3 aliphatic heterocycles. The molecule has 1 aliphatic carbocycles. The summed E-state index contributed by atoms with van der Waals surface area (Å²) in [4.78, 5) is 64.2. The lowest BCUT2D eigenvalue weighted by Gasteiger charge is -2.42. The molecule has 4 rings (SSSR count). The molecule has 48 heavy (non-hydrogen) atoms. The van der Waals surface area contributed by atoms with Gasteiger partial charge in [-0.15, -0.1) is 0 Å². The van der Waals surface area contributed by atoms with Crippen molar-refractivity contribution in [3.63, 3.8) is 0 Å². The highest BCUT2D eigenvalue weighted by Crippen LogP contribution is 2.59. The molecule has 0 aromatic carbocycles. The maximum absolute atomic E-state index is 12.8. The molecular formula is C34H53N3O10S. The third-order valence-electron chi connectivity index (χ3n) is 9.69. The number of allylic oxidation sites excluding steroid dienone is 1. The first-order chi connectivity index (χ1) is 22.6. The lowest BCUT2D eigenvalue weighted by Crippen LogP contribution is -2.56. The molecule has 0 aromatic rings. The van der Waals surface area contributed by atoms with E-state index in [0.717, 1.165) is 6.42 Å². The second-order valence-corrected chi connectivity index (χ2v) is 15.7. The molecule has 14 heteroatoms. The number of amides is 4. The molecule has 0 radical (unpaired) electrons. The van der Waals surface area contributed by atoms with Gasteiger partial charge in [0.15, 0.2) is 5.78 Å². The second kappa shape index (κ2) is 16.0. The lowest BCUT2D eigenvalue weighted by molar-refractivity contribution is -0.144. The number of nitrogens with one attached hydrogen (secondary N) is 2. The molecular weight excluding hydrogens is 642 g/mol. The van der Waals surface area contributed by atoms with E-state index in [-0.39, 0.29) is 60.7 Å². The second-order valence-electron chi connectivity index (χ2n) is 14.6. The van der Waals surface area contributed by atoms with E-state index in [4.69, 9.17) is 23.7 Å². The smallest absolute Gasteiger partial charge is 0.414 e. The summed E-state index contributed by atoms with van der Waals surface area (Å²) in [5, 5.41) is 5.13. The molecule has 4 amide bonds. The van der Waals surface area contributed by atoms with Crippen LogP contribution >= 0.6 is 11.8 Å². The quantitative estimate of drug-likeness (QED) is 0.147. The van der Waals surface area contributed by atoms with Crippen molar-refractivity contribution in [1.82, 2.24) is 15.5 Å². The fourth-order valence-electron chi connectivity index (χ4n) is 6.78. The Morgan fingerprint density at radius 3 is 2.48 bits per heavy atom. The molecule has 1 spiro atoms. The van der Waals surface area contributed by atoms with Crippen LogP contribution in [-0.4, -0.2) is 122 Å². The first-order valence-electron chi connectivity index (χ1n) is 16.9. The SMILES string of the molecule is CO[C@@H]1[C@H](OC(=O)NC(=O)CSCCNC(=O)C2CCCN2C(=O)COCC(=O)C(C)(C)C)CC[C@]2(CO2)[C@H]1[C@@]1(C)O[C@@H]1CC=C(C)C. The maximum Gasteiger partial charge on any atom is 0.414 e. The molecule has 4 fully saturated rings. The van der Waals surface area contributed by atoms with Gasteiger partial charge in [0.1, 0.15) is 42.7 Å². The Balaban J connectivity index is 1.15. The minimum Gasteiger partial charge on any atom is -0.443 e. The summed E-state index contributed by atoms with van der Waals surface area (Å²) >= 11 is 1.26. The number of rotatable bonds is 15. The highest BCUT2D eigenvalue weighted by Gasteiger charge is 2.72. The number of imide groups is 1. The highest BCUT2D eigenvalue weighted by molar-refractivity contribution is 7.99. The Bertz CT molecular complexity index is 1240. The van der Waals surface area contributed by atoms with Crippen molar-refractivity contribution in [3.8, 4) is 0 Å². The number of ketones is 1. The van der Waals surface area contributed by atoms with Crippen LogP contribution < -0.4 is 10.6 Å². The number of nitrogens with zero attached hydrogens (tertiary/aromatic N) is 1. The zero-order valence-corrected chi connectivity index (χ0v) is 30.2. The summed E-state index contributed by atoms with van der Waals surface area (Å²) in [6.07, 6.45) is 3.64. The third kappa shape index (κ3) is 9.58. The minimum atomic E-state index is -0.826. The van der Waals surface area contributed by atoms with Gasteiger partial charge in [-0.25, -0.2) is 4.79 Å². The summed E-state index contributed by atoms with van der Waals surface area (Å²) in [6.45, 7) is 12.5. The van der Waals surface area contributed by atoms with Crippen molar-refractivity contribution in [2.24, 2.45) is 11.3 Å². The zero-order valence-electron chi connectivity index (χ0n) is 29.4. The molecule has 7 atom stereocenters. The highest BCUT2D eigenvalue weighted by atomic mass is 32.2. The molecule has 0 bridgehead atoms. The first-order valence-corrected chi connectivity index (χ1v) is 18.0. The van der Waals surface area contributed by atoms with Gasteiger partial charge in [0.2, 0.25) is 17.7 Å². The van der Waals surface area contributed by atoms with E-state index in [9.17, 15) is 24.0 Å². The Labute approximate surface area is 287 Å². The number of thioether (sulfide) groups is 1. The van der Waals surface area contributed by atoms with Gasteiger partial charge in [0.25, 0.3) is 0 Å². The van der Waals surface area contributed by atoms with E-state index < -0.39 is 41.3 Å². The molecule has 1 saturated carbocycles. The molecule has 3 saturated heterocycles. The predicted molar refractivity (Wildman–Crippen MR) is 178 cm³/mol. The van der Waals surface area contributed by atoms with Crippen LogP contribution in [0, 0.1) is 11.3 Å². The fraction of sp³-hybridized carbons (Fsp3) is 0.794. The number of carbonyl (C=O) groups is 5. The number of alkyl carbamates (subject to hydrolysis) is 1. The molecule has 270 valence electrons. The van der Waals surface area contributed by atoms with E-state index in [1.807, 2.05) is 0 Å². The van der Waals surface area contributed by atoms with E-state index in [1.165, 1.54) is 22.2 Å². The van der Waals surface area contributed by atoms with Gasteiger partial charge in [-0.1, -0.05) is 32.4 Å². The summed E-state index contributed by atoms with van der Waals surface area (Å²) < 4.78 is 29.1. The number of likely N-dealkylation sites (tertiary alicyclic amines) is 1. The fourth-order valence-corrected chi connectivity index (χ4v) is 7.43. The van der Waals surface area contributed by atoms with Crippen molar-refractivity contribution in [3.05, 3.63) is 11.6 Å². The van der Waals surface area contributed by atoms with Gasteiger partial charge in [0, 0.05) is 31.4 Å². The topological polar surface area (TPSA) is 165 Å². The van der Waals surface area contributed by atoms with Crippen LogP contribution in [0.15, 0.2) is 11.6 Å². The van der Waals surface area contributed by atoms with Gasteiger partial charge in [-0.3, -0.25) is 24.5 Å². The standard InChI is InChI=1S/C34H53N3O10S/c1-21(2)10-11-25-33(6,47-25)29-28(43-7)23(12-13-34(29)20-45-34)46-31(42)36-26(39)19-48-16-14-35-30(41)22-9-8-15-37(22)27(40)18-44-17-24(38)32(3,4)5/h10,22-23,25,28-29H,8-9,11-20H2,1-7H3,(H,35,41)(H,36,39,42)/t22?,23-,25-,28-,29-,33+,34+/m1/s1. The van der Waals surface area contributed by atoms with Crippen LogP contribution in [0.1, 0.15) is 73.6 Å². The normalized spacial score (nSPS) is 30.8. The van der Waals surface area contributed by atoms with Crippen molar-refractivity contribution < 1.29 is 47.7 Å². The van der Waals surface area contributed by atoms with E-state index in [1.54, 1.807) is 27.9 Å². The largest absolute Gasteiger partial charge is 0.443 e. The van der Waals surface area contributed by atoms with E-state index in [2.05, 4.69) is 37.5 Å². The van der Waals surface area contributed by atoms with E-state index >= 15 is 0 Å². The summed E-state index contributed by atoms with van der Waals surface area (Å²) in [5.74, 6) is -0.896. The monoisotopic (exact) mass is 695 g/mol. The van der Waals surface area contributed by atoms with Crippen molar-refractivity contribution in [2.75, 3.05) is 51.5 Å². The lowest BCUT2D eigenvalue weighted by atomic mass is 9.68. The third-order valence-corrected chi connectivity index (χ3v) is 10.6. The van der Waals surface area contributed by atoms with E-state index in [0.29, 0.717) is 44.6 Å².